The molecule has 0 radical (unpaired) electrons. The van der Waals surface area contributed by atoms with Crippen molar-refractivity contribution in [1.29, 1.82) is 0 Å². The van der Waals surface area contributed by atoms with Crippen molar-refractivity contribution in [3.8, 4) is 0 Å². The van der Waals surface area contributed by atoms with E-state index < -0.39 is 5.97 Å². The summed E-state index contributed by atoms with van der Waals surface area (Å²) in [5, 5.41) is 9.65. The van der Waals surface area contributed by atoms with Crippen molar-refractivity contribution in [3.63, 3.8) is 0 Å². The molecule has 1 N–H and O–H groups in total. The van der Waals surface area contributed by atoms with E-state index >= 15 is 0 Å². The van der Waals surface area contributed by atoms with Crippen molar-refractivity contribution in [2.24, 2.45) is 0 Å². The van der Waals surface area contributed by atoms with Gasteiger partial charge in [-0.2, -0.15) is 0 Å². The maximum atomic E-state index is 11.9. The first-order valence-corrected chi connectivity index (χ1v) is 7.20. The summed E-state index contributed by atoms with van der Waals surface area (Å²) >= 11 is 1.24. The van der Waals surface area contributed by atoms with Crippen molar-refractivity contribution in [2.75, 3.05) is 0 Å². The molecule has 0 aliphatic heterocycles. The highest BCUT2D eigenvalue weighted by Gasteiger charge is 2.12. The Morgan fingerprint density at radius 1 is 1.33 bits per heavy atom. The van der Waals surface area contributed by atoms with Gasteiger partial charge in [-0.3, -0.25) is 9.36 Å². The maximum absolute atomic E-state index is 11.9. The van der Waals surface area contributed by atoms with Gasteiger partial charge in [0.1, 0.15) is 5.58 Å². The maximum Gasteiger partial charge on any atom is 0.371 e. The fourth-order valence-electron chi connectivity index (χ4n) is 2.25. The summed E-state index contributed by atoms with van der Waals surface area (Å²) in [5.74, 6) is -1.17. The lowest BCUT2D eigenvalue weighted by Gasteiger charge is -2.05. The van der Waals surface area contributed by atoms with Gasteiger partial charge in [-0.15, -0.1) is 0 Å². The Balaban J connectivity index is 2.01. The summed E-state index contributed by atoms with van der Waals surface area (Å²) in [5.41, 5.74) is 2.42. The van der Waals surface area contributed by atoms with Crippen molar-refractivity contribution in [3.05, 3.63) is 55.8 Å². The number of aromatic nitrogens is 1. The van der Waals surface area contributed by atoms with Gasteiger partial charge in [0.05, 0.1) is 6.54 Å². The Hall–Kier alpha value is -2.34. The number of benzene rings is 1. The summed E-state index contributed by atoms with van der Waals surface area (Å²) < 4.78 is 6.94. The molecule has 3 aromatic rings. The highest BCUT2D eigenvalue weighted by atomic mass is 32.1. The first kappa shape index (κ1) is 13.6. The molecule has 108 valence electrons. The van der Waals surface area contributed by atoms with Crippen LogP contribution in [0.3, 0.4) is 0 Å². The van der Waals surface area contributed by atoms with Crippen LogP contribution in [0.25, 0.3) is 11.0 Å². The molecule has 5 nitrogen and oxygen atoms in total. The van der Waals surface area contributed by atoms with Gasteiger partial charge in [0.25, 0.3) is 0 Å². The van der Waals surface area contributed by atoms with Crippen LogP contribution in [-0.2, 0) is 6.54 Å². The number of fused-ring (bicyclic) bond motifs is 1. The van der Waals surface area contributed by atoms with Crippen molar-refractivity contribution in [1.82, 2.24) is 4.57 Å². The fourth-order valence-corrected chi connectivity index (χ4v) is 3.08. The molecule has 2 heterocycles. The fraction of sp³-hybridized carbons (Fsp3) is 0.200. The van der Waals surface area contributed by atoms with Crippen LogP contribution in [0.2, 0.25) is 0 Å². The van der Waals surface area contributed by atoms with Gasteiger partial charge in [0, 0.05) is 16.0 Å². The van der Waals surface area contributed by atoms with Crippen LogP contribution in [-0.4, -0.2) is 15.6 Å². The minimum atomic E-state index is -1.09. The van der Waals surface area contributed by atoms with Crippen LogP contribution in [0, 0.1) is 13.8 Å². The molecule has 0 aliphatic carbocycles. The van der Waals surface area contributed by atoms with Gasteiger partial charge in [0.15, 0.2) is 0 Å². The first-order chi connectivity index (χ1) is 9.95. The zero-order valence-electron chi connectivity index (χ0n) is 11.5. The largest absolute Gasteiger partial charge is 0.475 e. The summed E-state index contributed by atoms with van der Waals surface area (Å²) in [7, 11) is 0. The number of hydrogen-bond acceptors (Lipinski definition) is 4. The molecular formula is C15H13NO4S. The lowest BCUT2D eigenvalue weighted by Crippen LogP contribution is -2.15. The van der Waals surface area contributed by atoms with E-state index in [1.165, 1.54) is 17.4 Å². The van der Waals surface area contributed by atoms with Crippen LogP contribution < -0.4 is 4.87 Å². The molecule has 21 heavy (non-hydrogen) atoms. The van der Waals surface area contributed by atoms with Gasteiger partial charge < -0.3 is 9.52 Å². The van der Waals surface area contributed by atoms with E-state index in [4.69, 9.17) is 9.52 Å². The standard InChI is InChI=1S/C15H13NO4S/c1-8-9(2)21-15(19)16(8)7-10-3-4-12-11(5-10)6-13(20-12)14(17)18/h3-6H,7H2,1-2H3,(H,17,18). The molecule has 0 bridgehead atoms. The van der Waals surface area contributed by atoms with Gasteiger partial charge in [-0.1, -0.05) is 17.4 Å². The third-order valence-electron chi connectivity index (χ3n) is 3.51. The van der Waals surface area contributed by atoms with E-state index in [-0.39, 0.29) is 10.6 Å². The molecule has 0 spiro atoms. The summed E-state index contributed by atoms with van der Waals surface area (Å²) in [4.78, 5) is 23.8. The molecule has 1 aromatic carbocycles. The molecule has 0 unspecified atom stereocenters. The Morgan fingerprint density at radius 2 is 2.10 bits per heavy atom. The number of thiazole rings is 1. The van der Waals surface area contributed by atoms with Crippen molar-refractivity contribution in [2.45, 2.75) is 20.4 Å². The Labute approximate surface area is 124 Å². The molecule has 3 rings (SSSR count). The third kappa shape index (κ3) is 2.38. The number of carboxylic acids is 1. The second kappa shape index (κ2) is 4.89. The number of aromatic carboxylic acids is 1. The van der Waals surface area contributed by atoms with Crippen LogP contribution in [0.5, 0.6) is 0 Å². The van der Waals surface area contributed by atoms with E-state index in [0.29, 0.717) is 12.1 Å². The number of carbonyl (C=O) groups is 1. The quantitative estimate of drug-likeness (QED) is 0.807. The number of rotatable bonds is 3. The SMILES string of the molecule is Cc1sc(=O)n(Cc2ccc3oc(C(=O)O)cc3c2)c1C. The minimum absolute atomic E-state index is 0.0171. The molecule has 0 saturated carbocycles. The highest BCUT2D eigenvalue weighted by Crippen LogP contribution is 2.22. The molecular weight excluding hydrogens is 290 g/mol. The van der Waals surface area contributed by atoms with Crippen LogP contribution in [0.4, 0.5) is 0 Å². The second-order valence-corrected chi connectivity index (χ2v) is 6.05. The number of nitrogens with zero attached hydrogens (tertiary/aromatic N) is 1. The third-order valence-corrected chi connectivity index (χ3v) is 4.50. The van der Waals surface area contributed by atoms with Gasteiger partial charge in [-0.05, 0) is 37.6 Å². The van der Waals surface area contributed by atoms with E-state index in [1.807, 2.05) is 26.0 Å². The zero-order chi connectivity index (χ0) is 15.1. The Bertz CT molecular complexity index is 900. The van der Waals surface area contributed by atoms with Gasteiger partial charge in [-0.25, -0.2) is 4.79 Å². The normalized spacial score (nSPS) is 11.1. The monoisotopic (exact) mass is 303 g/mol. The second-order valence-electron chi connectivity index (χ2n) is 4.88. The molecule has 0 aliphatic rings. The number of carboxylic acid groups (broad SMARTS) is 1. The van der Waals surface area contributed by atoms with Gasteiger partial charge in [0.2, 0.25) is 5.76 Å². The van der Waals surface area contributed by atoms with Crippen molar-refractivity contribution >= 4 is 28.3 Å². The predicted octanol–water partition coefficient (Wildman–Crippen LogP) is 3.02. The minimum Gasteiger partial charge on any atom is -0.475 e. The first-order valence-electron chi connectivity index (χ1n) is 6.38. The van der Waals surface area contributed by atoms with Crippen molar-refractivity contribution < 1.29 is 14.3 Å². The number of furan rings is 1. The molecule has 0 atom stereocenters. The van der Waals surface area contributed by atoms with Crippen LogP contribution in [0.15, 0.2) is 33.5 Å². The molecule has 0 saturated heterocycles. The zero-order valence-corrected chi connectivity index (χ0v) is 12.4. The van der Waals surface area contributed by atoms with E-state index in [2.05, 4.69) is 0 Å². The molecule has 2 aromatic heterocycles. The highest BCUT2D eigenvalue weighted by molar-refractivity contribution is 7.09. The average molecular weight is 303 g/mol. The summed E-state index contributed by atoms with van der Waals surface area (Å²) in [6, 6.07) is 6.92. The molecule has 6 heteroatoms. The van der Waals surface area contributed by atoms with Crippen LogP contribution in [0.1, 0.15) is 26.7 Å². The molecule has 0 amide bonds. The lowest BCUT2D eigenvalue weighted by molar-refractivity contribution is 0.0665. The summed E-state index contributed by atoms with van der Waals surface area (Å²) in [6.07, 6.45) is 0. The van der Waals surface area contributed by atoms with E-state index in [1.54, 1.807) is 10.6 Å². The number of hydrogen-bond donors (Lipinski definition) is 1. The van der Waals surface area contributed by atoms with Gasteiger partial charge >= 0.3 is 10.8 Å². The topological polar surface area (TPSA) is 72.4 Å². The predicted molar refractivity (Wildman–Crippen MR) is 80.3 cm³/mol. The van der Waals surface area contributed by atoms with Crippen LogP contribution >= 0.6 is 11.3 Å². The smallest absolute Gasteiger partial charge is 0.371 e. The Kier molecular flexibility index (Phi) is 3.17. The number of aryl methyl sites for hydroxylation is 1. The van der Waals surface area contributed by atoms with E-state index in [0.717, 1.165) is 21.5 Å². The molecule has 0 fully saturated rings. The Morgan fingerprint density at radius 3 is 2.71 bits per heavy atom. The average Bonchev–Trinajstić information content (AvgIpc) is 2.95. The lowest BCUT2D eigenvalue weighted by atomic mass is 10.1. The summed E-state index contributed by atoms with van der Waals surface area (Å²) in [6.45, 7) is 4.32. The van der Waals surface area contributed by atoms with E-state index in [9.17, 15) is 9.59 Å².